The molecule has 2 N–H and O–H groups in total. The SMILES string of the molecule is CCS(=O)(=O)Nc1ccc(NC(=O)COc2ccc(C#N)cc2OC)cc1C. The minimum Gasteiger partial charge on any atom is -0.493 e. The van der Waals surface area contributed by atoms with Crippen molar-refractivity contribution in [2.75, 3.05) is 29.5 Å². The number of rotatable bonds is 8. The van der Waals surface area contributed by atoms with Crippen molar-refractivity contribution in [2.45, 2.75) is 13.8 Å². The van der Waals surface area contributed by atoms with Gasteiger partial charge < -0.3 is 14.8 Å². The van der Waals surface area contributed by atoms with E-state index in [4.69, 9.17) is 14.7 Å². The second kappa shape index (κ2) is 9.10. The normalized spacial score (nSPS) is 10.6. The molecule has 0 fully saturated rings. The number of aryl methyl sites for hydroxylation is 1. The van der Waals surface area contributed by atoms with Gasteiger partial charge in [-0.2, -0.15) is 5.26 Å². The number of hydrogen-bond acceptors (Lipinski definition) is 6. The number of methoxy groups -OCH3 is 1. The molecule has 0 aliphatic heterocycles. The number of nitriles is 1. The average molecular weight is 403 g/mol. The summed E-state index contributed by atoms with van der Waals surface area (Å²) in [6, 6.07) is 11.5. The molecule has 8 nitrogen and oxygen atoms in total. The van der Waals surface area contributed by atoms with Crippen LogP contribution in [0.3, 0.4) is 0 Å². The number of benzene rings is 2. The highest BCUT2D eigenvalue weighted by atomic mass is 32.2. The van der Waals surface area contributed by atoms with E-state index < -0.39 is 15.9 Å². The fourth-order valence-electron chi connectivity index (χ4n) is 2.29. The Morgan fingerprint density at radius 3 is 2.54 bits per heavy atom. The van der Waals surface area contributed by atoms with Gasteiger partial charge in [-0.3, -0.25) is 9.52 Å². The third kappa shape index (κ3) is 5.62. The van der Waals surface area contributed by atoms with Crippen molar-refractivity contribution in [2.24, 2.45) is 0 Å². The van der Waals surface area contributed by atoms with Crippen LogP contribution in [0.4, 0.5) is 11.4 Å². The lowest BCUT2D eigenvalue weighted by Gasteiger charge is -2.13. The second-order valence-electron chi connectivity index (χ2n) is 5.85. The molecule has 0 aromatic heterocycles. The van der Waals surface area contributed by atoms with E-state index in [0.29, 0.717) is 34.0 Å². The highest BCUT2D eigenvalue weighted by molar-refractivity contribution is 7.92. The number of hydrogen-bond donors (Lipinski definition) is 2. The van der Waals surface area contributed by atoms with Crippen LogP contribution in [0.25, 0.3) is 0 Å². The summed E-state index contributed by atoms with van der Waals surface area (Å²) in [4.78, 5) is 12.1. The van der Waals surface area contributed by atoms with Crippen LogP contribution in [0.1, 0.15) is 18.1 Å². The lowest BCUT2D eigenvalue weighted by Crippen LogP contribution is -2.20. The van der Waals surface area contributed by atoms with Gasteiger partial charge >= 0.3 is 0 Å². The third-order valence-electron chi connectivity index (χ3n) is 3.81. The van der Waals surface area contributed by atoms with Crippen molar-refractivity contribution in [3.8, 4) is 17.6 Å². The largest absolute Gasteiger partial charge is 0.493 e. The summed E-state index contributed by atoms with van der Waals surface area (Å²) >= 11 is 0. The number of nitrogens with zero attached hydrogens (tertiary/aromatic N) is 1. The van der Waals surface area contributed by atoms with Gasteiger partial charge in [-0.15, -0.1) is 0 Å². The van der Waals surface area contributed by atoms with Crippen molar-refractivity contribution in [1.29, 1.82) is 5.26 Å². The molecule has 2 rings (SSSR count). The van der Waals surface area contributed by atoms with Gasteiger partial charge in [0.2, 0.25) is 10.0 Å². The molecule has 0 saturated heterocycles. The van der Waals surface area contributed by atoms with E-state index in [-0.39, 0.29) is 12.4 Å². The Bertz CT molecular complexity index is 1010. The van der Waals surface area contributed by atoms with E-state index in [9.17, 15) is 13.2 Å². The summed E-state index contributed by atoms with van der Waals surface area (Å²) in [6.45, 7) is 3.03. The molecule has 0 saturated carbocycles. The van der Waals surface area contributed by atoms with Crippen molar-refractivity contribution in [3.63, 3.8) is 0 Å². The molecule has 2 aromatic rings. The molecule has 0 aliphatic rings. The standard InChI is InChI=1S/C19H21N3O5S/c1-4-28(24,25)22-16-7-6-15(9-13(16)2)21-19(23)12-27-17-8-5-14(11-20)10-18(17)26-3/h5-10,22H,4,12H2,1-3H3,(H,21,23). The summed E-state index contributed by atoms with van der Waals surface area (Å²) in [5.74, 6) is 0.279. The molecule has 1 amide bonds. The molecule has 28 heavy (non-hydrogen) atoms. The predicted octanol–water partition coefficient (Wildman–Crippen LogP) is 2.65. The van der Waals surface area contributed by atoms with Crippen molar-refractivity contribution >= 4 is 27.3 Å². The summed E-state index contributed by atoms with van der Waals surface area (Å²) in [5, 5.41) is 11.6. The van der Waals surface area contributed by atoms with Gasteiger partial charge in [0.1, 0.15) is 0 Å². The smallest absolute Gasteiger partial charge is 0.262 e. The van der Waals surface area contributed by atoms with E-state index >= 15 is 0 Å². The molecule has 148 valence electrons. The zero-order valence-corrected chi connectivity index (χ0v) is 16.6. The number of anilines is 2. The Balaban J connectivity index is 2.00. The van der Waals surface area contributed by atoms with Crippen LogP contribution >= 0.6 is 0 Å². The monoisotopic (exact) mass is 403 g/mol. The zero-order valence-electron chi connectivity index (χ0n) is 15.8. The average Bonchev–Trinajstić information content (AvgIpc) is 2.68. The van der Waals surface area contributed by atoms with Gasteiger partial charge in [-0.05, 0) is 49.7 Å². The first-order valence-corrected chi connectivity index (χ1v) is 10.0. The van der Waals surface area contributed by atoms with Gasteiger partial charge in [0, 0.05) is 11.8 Å². The number of ether oxygens (including phenoxy) is 2. The fourth-order valence-corrected chi connectivity index (χ4v) is 3.00. The number of nitrogens with one attached hydrogen (secondary N) is 2. The predicted molar refractivity (Wildman–Crippen MR) is 106 cm³/mol. The maximum Gasteiger partial charge on any atom is 0.262 e. The van der Waals surface area contributed by atoms with Gasteiger partial charge in [-0.25, -0.2) is 8.42 Å². The van der Waals surface area contributed by atoms with E-state index in [2.05, 4.69) is 10.0 Å². The highest BCUT2D eigenvalue weighted by Crippen LogP contribution is 2.28. The molecule has 0 bridgehead atoms. The van der Waals surface area contributed by atoms with Crippen LogP contribution < -0.4 is 19.5 Å². The maximum atomic E-state index is 12.1. The Hall–Kier alpha value is -3.25. The van der Waals surface area contributed by atoms with Crippen LogP contribution in [-0.2, 0) is 14.8 Å². The topological polar surface area (TPSA) is 118 Å². The van der Waals surface area contributed by atoms with Gasteiger partial charge in [-0.1, -0.05) is 0 Å². The molecule has 9 heteroatoms. The summed E-state index contributed by atoms with van der Waals surface area (Å²) in [7, 11) is -1.93. The minimum atomic E-state index is -3.37. The Labute approximate surface area is 164 Å². The van der Waals surface area contributed by atoms with Crippen LogP contribution in [0.15, 0.2) is 36.4 Å². The Morgan fingerprint density at radius 2 is 1.93 bits per heavy atom. The summed E-state index contributed by atoms with van der Waals surface area (Å²) in [5.41, 5.74) is 2.06. The van der Waals surface area contributed by atoms with Crippen LogP contribution in [0.2, 0.25) is 0 Å². The fraction of sp³-hybridized carbons (Fsp3) is 0.263. The molecule has 0 aliphatic carbocycles. The first kappa shape index (κ1) is 21.1. The number of carbonyl (C=O) groups excluding carboxylic acids is 1. The second-order valence-corrected chi connectivity index (χ2v) is 7.86. The van der Waals surface area contributed by atoms with Crippen LogP contribution in [0.5, 0.6) is 11.5 Å². The van der Waals surface area contributed by atoms with Crippen molar-refractivity contribution in [1.82, 2.24) is 0 Å². The molecule has 0 heterocycles. The molecule has 0 atom stereocenters. The Morgan fingerprint density at radius 1 is 1.18 bits per heavy atom. The molecule has 0 unspecified atom stereocenters. The first-order chi connectivity index (χ1) is 13.3. The highest BCUT2D eigenvalue weighted by Gasteiger charge is 2.11. The van der Waals surface area contributed by atoms with E-state index in [1.807, 2.05) is 6.07 Å². The van der Waals surface area contributed by atoms with Gasteiger partial charge in [0.15, 0.2) is 18.1 Å². The van der Waals surface area contributed by atoms with Gasteiger partial charge in [0.25, 0.3) is 5.91 Å². The molecule has 2 aromatic carbocycles. The quantitative estimate of drug-likeness (QED) is 0.700. The summed E-state index contributed by atoms with van der Waals surface area (Å²) in [6.07, 6.45) is 0. The van der Waals surface area contributed by atoms with Crippen LogP contribution in [0, 0.1) is 18.3 Å². The van der Waals surface area contributed by atoms with Crippen molar-refractivity contribution < 1.29 is 22.7 Å². The van der Waals surface area contributed by atoms with E-state index in [1.165, 1.54) is 13.2 Å². The molecular weight excluding hydrogens is 382 g/mol. The minimum absolute atomic E-state index is 0.0267. The maximum absolute atomic E-state index is 12.1. The lowest BCUT2D eigenvalue weighted by molar-refractivity contribution is -0.118. The van der Waals surface area contributed by atoms with E-state index in [1.54, 1.807) is 44.2 Å². The zero-order chi connectivity index (χ0) is 20.7. The Kier molecular flexibility index (Phi) is 6.84. The van der Waals surface area contributed by atoms with E-state index in [0.717, 1.165) is 0 Å². The molecule has 0 spiro atoms. The molecule has 0 radical (unpaired) electrons. The van der Waals surface area contributed by atoms with Crippen LogP contribution in [-0.4, -0.2) is 33.8 Å². The van der Waals surface area contributed by atoms with Crippen molar-refractivity contribution in [3.05, 3.63) is 47.5 Å². The lowest BCUT2D eigenvalue weighted by atomic mass is 10.2. The first-order valence-electron chi connectivity index (χ1n) is 8.40. The third-order valence-corrected chi connectivity index (χ3v) is 5.10. The molecular formula is C19H21N3O5S. The number of carbonyl (C=O) groups is 1. The van der Waals surface area contributed by atoms with Gasteiger partial charge in [0.05, 0.1) is 30.2 Å². The number of amides is 1. The summed E-state index contributed by atoms with van der Waals surface area (Å²) < 4.78 is 36.4. The number of sulfonamides is 1.